The molecule has 1 aliphatic heterocycles. The molecule has 0 amide bonds. The molecule has 1 aliphatic rings. The van der Waals surface area contributed by atoms with Crippen molar-refractivity contribution in [3.8, 4) is 0 Å². The van der Waals surface area contributed by atoms with Crippen molar-refractivity contribution in [1.82, 2.24) is 20.1 Å². The minimum Gasteiger partial charge on any atom is -0.448 e. The fraction of sp³-hybridized carbons (Fsp3) is 0.500. The number of nitrogens with zero attached hydrogens (tertiary/aromatic N) is 3. The molecule has 5 nitrogen and oxygen atoms in total. The van der Waals surface area contributed by atoms with Gasteiger partial charge < -0.3 is 4.42 Å². The quantitative estimate of drug-likeness (QED) is 0.928. The van der Waals surface area contributed by atoms with E-state index in [0.29, 0.717) is 5.22 Å². The Morgan fingerprint density at radius 3 is 3.11 bits per heavy atom. The second kappa shape index (κ2) is 4.74. The van der Waals surface area contributed by atoms with Crippen molar-refractivity contribution in [1.29, 1.82) is 0 Å². The molecule has 96 valence electrons. The maximum atomic E-state index is 5.79. The van der Waals surface area contributed by atoms with Crippen LogP contribution in [0.5, 0.6) is 0 Å². The fourth-order valence-corrected chi connectivity index (χ4v) is 2.62. The number of H-pyrrole nitrogens is 1. The highest BCUT2D eigenvalue weighted by atomic mass is 35.5. The molecule has 2 aromatic heterocycles. The number of rotatable bonds is 3. The van der Waals surface area contributed by atoms with Gasteiger partial charge in [0.2, 0.25) is 0 Å². The van der Waals surface area contributed by atoms with Crippen LogP contribution >= 0.6 is 11.6 Å². The van der Waals surface area contributed by atoms with Crippen LogP contribution in [0.25, 0.3) is 0 Å². The van der Waals surface area contributed by atoms with E-state index in [1.807, 2.05) is 13.0 Å². The van der Waals surface area contributed by atoms with Gasteiger partial charge in [-0.1, -0.05) is 0 Å². The van der Waals surface area contributed by atoms with Crippen molar-refractivity contribution in [3.05, 3.63) is 34.8 Å². The molecule has 1 unspecified atom stereocenters. The van der Waals surface area contributed by atoms with Crippen LogP contribution in [-0.2, 0) is 6.54 Å². The van der Waals surface area contributed by atoms with E-state index in [4.69, 9.17) is 16.0 Å². The zero-order chi connectivity index (χ0) is 12.5. The highest BCUT2D eigenvalue weighted by Gasteiger charge is 2.29. The number of aryl methyl sites for hydroxylation is 1. The van der Waals surface area contributed by atoms with E-state index in [2.05, 4.69) is 20.1 Å². The van der Waals surface area contributed by atoms with Gasteiger partial charge in [-0.2, -0.15) is 5.10 Å². The number of aromatic nitrogens is 3. The number of likely N-dealkylation sites (tertiary alicyclic amines) is 1. The van der Waals surface area contributed by atoms with Crippen LogP contribution in [0.1, 0.15) is 36.3 Å². The van der Waals surface area contributed by atoms with Gasteiger partial charge in [-0.05, 0) is 50.0 Å². The molecular formula is C12H15ClN4O. The molecule has 1 atom stereocenters. The average molecular weight is 267 g/mol. The van der Waals surface area contributed by atoms with Crippen LogP contribution < -0.4 is 0 Å². The molecule has 1 N–H and O–H groups in total. The van der Waals surface area contributed by atoms with E-state index < -0.39 is 0 Å². The number of aromatic amines is 1. The van der Waals surface area contributed by atoms with Gasteiger partial charge in [-0.3, -0.25) is 10.00 Å². The SMILES string of the molecule is Cc1nc(C2CCCN2Cc2ccc(Cl)o2)n[nH]1. The van der Waals surface area contributed by atoms with E-state index in [-0.39, 0.29) is 6.04 Å². The maximum absolute atomic E-state index is 5.79. The highest BCUT2D eigenvalue weighted by Crippen LogP contribution is 2.31. The molecule has 0 spiro atoms. The van der Waals surface area contributed by atoms with Gasteiger partial charge in [0.05, 0.1) is 12.6 Å². The van der Waals surface area contributed by atoms with Gasteiger partial charge in [-0.25, -0.2) is 4.98 Å². The second-order valence-corrected chi connectivity index (χ2v) is 4.99. The summed E-state index contributed by atoms with van der Waals surface area (Å²) < 4.78 is 5.41. The van der Waals surface area contributed by atoms with Gasteiger partial charge >= 0.3 is 0 Å². The summed E-state index contributed by atoms with van der Waals surface area (Å²) in [5.41, 5.74) is 0. The number of nitrogens with one attached hydrogen (secondary N) is 1. The molecule has 3 rings (SSSR count). The van der Waals surface area contributed by atoms with E-state index in [9.17, 15) is 0 Å². The molecule has 3 heterocycles. The molecule has 18 heavy (non-hydrogen) atoms. The largest absolute Gasteiger partial charge is 0.448 e. The van der Waals surface area contributed by atoms with E-state index in [0.717, 1.165) is 43.3 Å². The maximum Gasteiger partial charge on any atom is 0.193 e. The summed E-state index contributed by atoms with van der Waals surface area (Å²) in [5.74, 6) is 2.62. The molecule has 0 aromatic carbocycles. The van der Waals surface area contributed by atoms with Crippen LogP contribution in [0, 0.1) is 6.92 Å². The predicted molar refractivity (Wildman–Crippen MR) is 67.2 cm³/mol. The van der Waals surface area contributed by atoms with Crippen molar-refractivity contribution >= 4 is 11.6 Å². The van der Waals surface area contributed by atoms with Crippen molar-refractivity contribution in [3.63, 3.8) is 0 Å². The fourth-order valence-electron chi connectivity index (χ4n) is 2.45. The lowest BCUT2D eigenvalue weighted by atomic mass is 10.2. The van der Waals surface area contributed by atoms with Crippen molar-refractivity contribution in [2.75, 3.05) is 6.54 Å². The molecule has 0 bridgehead atoms. The third kappa shape index (κ3) is 2.28. The van der Waals surface area contributed by atoms with Crippen LogP contribution in [0.2, 0.25) is 5.22 Å². The molecule has 0 aliphatic carbocycles. The number of hydrogen-bond acceptors (Lipinski definition) is 4. The Morgan fingerprint density at radius 2 is 2.44 bits per heavy atom. The first-order valence-electron chi connectivity index (χ1n) is 6.09. The first kappa shape index (κ1) is 11.7. The van der Waals surface area contributed by atoms with Gasteiger partial charge in [0.1, 0.15) is 11.6 Å². The molecular weight excluding hydrogens is 252 g/mol. The van der Waals surface area contributed by atoms with Gasteiger partial charge in [0, 0.05) is 0 Å². The topological polar surface area (TPSA) is 58.0 Å². The minimum absolute atomic E-state index is 0.277. The van der Waals surface area contributed by atoms with Crippen molar-refractivity contribution in [2.24, 2.45) is 0 Å². The summed E-state index contributed by atoms with van der Waals surface area (Å²) in [4.78, 5) is 6.76. The molecule has 2 aromatic rings. The second-order valence-electron chi connectivity index (χ2n) is 4.61. The van der Waals surface area contributed by atoms with E-state index in [1.54, 1.807) is 6.07 Å². The van der Waals surface area contributed by atoms with Gasteiger partial charge in [-0.15, -0.1) is 0 Å². The standard InChI is InChI=1S/C12H15ClN4O/c1-8-14-12(16-15-8)10-3-2-6-17(10)7-9-4-5-11(13)18-9/h4-5,10H,2-3,6-7H2,1H3,(H,14,15,16). The van der Waals surface area contributed by atoms with Crippen molar-refractivity contribution in [2.45, 2.75) is 32.4 Å². The summed E-state index contributed by atoms with van der Waals surface area (Å²) in [6.07, 6.45) is 2.25. The third-order valence-corrected chi connectivity index (χ3v) is 3.47. The summed E-state index contributed by atoms with van der Waals surface area (Å²) in [5, 5.41) is 7.60. The molecule has 6 heteroatoms. The average Bonchev–Trinajstić information content (AvgIpc) is 3.01. The Bertz CT molecular complexity index is 536. The number of furan rings is 1. The summed E-state index contributed by atoms with van der Waals surface area (Å²) in [6.45, 7) is 3.71. The van der Waals surface area contributed by atoms with Crippen LogP contribution in [-0.4, -0.2) is 26.6 Å². The van der Waals surface area contributed by atoms with E-state index in [1.165, 1.54) is 0 Å². The van der Waals surface area contributed by atoms with Gasteiger partial charge in [0.25, 0.3) is 0 Å². The number of halogens is 1. The summed E-state index contributed by atoms with van der Waals surface area (Å²) in [7, 11) is 0. The van der Waals surface area contributed by atoms with E-state index >= 15 is 0 Å². The molecule has 0 saturated carbocycles. The lowest BCUT2D eigenvalue weighted by molar-refractivity contribution is 0.221. The summed E-state index contributed by atoms with van der Waals surface area (Å²) >= 11 is 5.79. The monoisotopic (exact) mass is 266 g/mol. The predicted octanol–water partition coefficient (Wildman–Crippen LogP) is 2.70. The first-order valence-corrected chi connectivity index (χ1v) is 6.47. The molecule has 0 radical (unpaired) electrons. The Labute approximate surface area is 110 Å². The highest BCUT2D eigenvalue weighted by molar-refractivity contribution is 6.28. The van der Waals surface area contributed by atoms with Crippen LogP contribution in [0.15, 0.2) is 16.5 Å². The Kier molecular flexibility index (Phi) is 3.09. The normalized spacial score (nSPS) is 20.7. The number of hydrogen-bond donors (Lipinski definition) is 1. The lowest BCUT2D eigenvalue weighted by Crippen LogP contribution is -2.23. The Morgan fingerprint density at radius 1 is 1.56 bits per heavy atom. The molecule has 1 saturated heterocycles. The zero-order valence-corrected chi connectivity index (χ0v) is 10.9. The third-order valence-electron chi connectivity index (χ3n) is 3.26. The van der Waals surface area contributed by atoms with Crippen LogP contribution in [0.3, 0.4) is 0 Å². The molecule has 1 fully saturated rings. The Balaban J connectivity index is 1.75. The van der Waals surface area contributed by atoms with Crippen molar-refractivity contribution < 1.29 is 4.42 Å². The van der Waals surface area contributed by atoms with Crippen LogP contribution in [0.4, 0.5) is 0 Å². The smallest absolute Gasteiger partial charge is 0.193 e. The Hall–Kier alpha value is -1.33. The van der Waals surface area contributed by atoms with Gasteiger partial charge in [0.15, 0.2) is 11.0 Å². The summed E-state index contributed by atoms with van der Waals surface area (Å²) in [6, 6.07) is 3.97. The minimum atomic E-state index is 0.277. The first-order chi connectivity index (χ1) is 8.72. The zero-order valence-electron chi connectivity index (χ0n) is 10.2. The lowest BCUT2D eigenvalue weighted by Gasteiger charge is -2.20.